The minimum Gasteiger partial charge on any atom is -0.385 e. The van der Waals surface area contributed by atoms with Crippen LogP contribution in [0.25, 0.3) is 0 Å². The van der Waals surface area contributed by atoms with Crippen LogP contribution in [0.2, 0.25) is 0 Å². The van der Waals surface area contributed by atoms with E-state index in [-0.39, 0.29) is 5.92 Å². The maximum atomic E-state index is 10.0. The van der Waals surface area contributed by atoms with Gasteiger partial charge in [-0.25, -0.2) is 0 Å². The summed E-state index contributed by atoms with van der Waals surface area (Å²) in [6.45, 7) is 9.11. The fourth-order valence-electron chi connectivity index (χ4n) is 1.50. The van der Waals surface area contributed by atoms with Crippen LogP contribution in [0.15, 0.2) is 55.6 Å². The van der Waals surface area contributed by atoms with E-state index in [2.05, 4.69) is 13.2 Å². The first-order valence-electron chi connectivity index (χ1n) is 4.65. The minimum atomic E-state index is -0.941. The lowest BCUT2D eigenvalue weighted by Gasteiger charge is -2.27. The minimum absolute atomic E-state index is 0.110. The zero-order valence-corrected chi connectivity index (χ0v) is 8.48. The molecule has 0 spiro atoms. The molecule has 1 rings (SSSR count). The highest BCUT2D eigenvalue weighted by molar-refractivity contribution is 5.28. The molecule has 0 saturated carbocycles. The van der Waals surface area contributed by atoms with Crippen LogP contribution in [0.5, 0.6) is 0 Å². The molecule has 0 fully saturated rings. The van der Waals surface area contributed by atoms with Crippen LogP contribution < -0.4 is 0 Å². The molecule has 1 heteroatoms. The quantitative estimate of drug-likeness (QED) is 0.720. The second-order valence-corrected chi connectivity index (χ2v) is 3.55. The summed E-state index contributed by atoms with van der Waals surface area (Å²) in [6.07, 6.45) is 3.30. The van der Waals surface area contributed by atoms with Crippen molar-refractivity contribution in [1.82, 2.24) is 0 Å². The van der Waals surface area contributed by atoms with Gasteiger partial charge in [-0.1, -0.05) is 42.5 Å². The summed E-state index contributed by atoms with van der Waals surface area (Å²) in [5, 5.41) is 10.0. The Morgan fingerprint density at radius 1 is 1.29 bits per heavy atom. The molecule has 0 unspecified atom stereocenters. The maximum Gasteiger partial charge on any atom is 0.0899 e. The molecule has 1 aromatic rings. The molecule has 0 heterocycles. The van der Waals surface area contributed by atoms with Crippen LogP contribution in [-0.2, 0) is 0 Å². The zero-order valence-electron chi connectivity index (χ0n) is 8.48. The van der Waals surface area contributed by atoms with Gasteiger partial charge >= 0.3 is 0 Å². The number of rotatable bonds is 4. The highest BCUT2D eigenvalue weighted by atomic mass is 16.3. The van der Waals surface area contributed by atoms with Crippen molar-refractivity contribution >= 4 is 0 Å². The lowest BCUT2D eigenvalue weighted by Crippen LogP contribution is -2.28. The Morgan fingerprint density at radius 3 is 2.29 bits per heavy atom. The second kappa shape index (κ2) is 4.25. The molecule has 0 bridgehead atoms. The van der Waals surface area contributed by atoms with Crippen molar-refractivity contribution < 1.29 is 5.11 Å². The number of benzene rings is 1. The highest BCUT2D eigenvalue weighted by Gasteiger charge is 2.27. The monoisotopic (exact) mass is 188 g/mol. The molecule has 0 aromatic heterocycles. The zero-order chi connectivity index (χ0) is 10.6. The average Bonchev–Trinajstić information content (AvgIpc) is 2.20. The third kappa shape index (κ3) is 2.12. The van der Waals surface area contributed by atoms with E-state index < -0.39 is 5.60 Å². The maximum absolute atomic E-state index is 10.0. The van der Waals surface area contributed by atoms with Gasteiger partial charge in [-0.2, -0.15) is 0 Å². The van der Waals surface area contributed by atoms with Crippen molar-refractivity contribution in [2.45, 2.75) is 18.4 Å². The highest BCUT2D eigenvalue weighted by Crippen LogP contribution is 2.29. The number of aliphatic hydroxyl groups is 1. The van der Waals surface area contributed by atoms with E-state index >= 15 is 0 Å². The molecule has 2 atom stereocenters. The van der Waals surface area contributed by atoms with Crippen LogP contribution in [0.3, 0.4) is 0 Å². The fraction of sp³-hybridized carbons (Fsp3) is 0.231. The van der Waals surface area contributed by atoms with E-state index in [0.29, 0.717) is 0 Å². The topological polar surface area (TPSA) is 20.2 Å². The first-order chi connectivity index (χ1) is 6.61. The van der Waals surface area contributed by atoms with Crippen LogP contribution in [0.4, 0.5) is 0 Å². The van der Waals surface area contributed by atoms with Gasteiger partial charge in [-0.3, -0.25) is 0 Å². The predicted molar refractivity (Wildman–Crippen MR) is 60.2 cm³/mol. The van der Waals surface area contributed by atoms with Gasteiger partial charge in [0, 0.05) is 5.92 Å². The normalized spacial score (nSPS) is 16.7. The van der Waals surface area contributed by atoms with Crippen molar-refractivity contribution in [3.8, 4) is 0 Å². The Kier molecular flexibility index (Phi) is 3.26. The van der Waals surface area contributed by atoms with Crippen molar-refractivity contribution in [2.24, 2.45) is 0 Å². The standard InChI is InChI=1S/C13H16O/c1-4-12(13(3,14)5-2)11-9-7-6-8-10-11/h4-10,12,14H,1-2H2,3H3/t12-,13-/m1/s1. The van der Waals surface area contributed by atoms with Gasteiger partial charge in [0.05, 0.1) is 5.60 Å². The van der Waals surface area contributed by atoms with Gasteiger partial charge in [0.15, 0.2) is 0 Å². The molecule has 14 heavy (non-hydrogen) atoms. The third-order valence-electron chi connectivity index (χ3n) is 2.44. The van der Waals surface area contributed by atoms with E-state index in [0.717, 1.165) is 5.56 Å². The molecule has 1 nitrogen and oxygen atoms in total. The Morgan fingerprint density at radius 2 is 1.86 bits per heavy atom. The van der Waals surface area contributed by atoms with Crippen molar-refractivity contribution in [1.29, 1.82) is 0 Å². The Balaban J connectivity index is 3.05. The predicted octanol–water partition coefficient (Wildman–Crippen LogP) is 2.89. The molecule has 0 aliphatic heterocycles. The van der Waals surface area contributed by atoms with E-state index in [1.54, 1.807) is 19.1 Å². The van der Waals surface area contributed by atoms with Crippen LogP contribution in [0.1, 0.15) is 18.4 Å². The third-order valence-corrected chi connectivity index (χ3v) is 2.44. The van der Waals surface area contributed by atoms with Gasteiger partial charge in [0.25, 0.3) is 0 Å². The van der Waals surface area contributed by atoms with E-state index in [1.807, 2.05) is 30.3 Å². The molecule has 0 saturated heterocycles. The number of hydrogen-bond acceptors (Lipinski definition) is 1. The van der Waals surface area contributed by atoms with E-state index in [9.17, 15) is 5.11 Å². The summed E-state index contributed by atoms with van der Waals surface area (Å²) in [7, 11) is 0. The summed E-state index contributed by atoms with van der Waals surface area (Å²) in [4.78, 5) is 0. The van der Waals surface area contributed by atoms with Crippen LogP contribution in [0, 0.1) is 0 Å². The average molecular weight is 188 g/mol. The smallest absolute Gasteiger partial charge is 0.0899 e. The Hall–Kier alpha value is -1.34. The molecule has 0 aliphatic carbocycles. The van der Waals surface area contributed by atoms with Gasteiger partial charge < -0.3 is 5.11 Å². The fourth-order valence-corrected chi connectivity index (χ4v) is 1.50. The molecular formula is C13H16O. The Bertz CT molecular complexity index is 311. The Labute approximate surface area is 85.4 Å². The molecule has 74 valence electrons. The lowest BCUT2D eigenvalue weighted by molar-refractivity contribution is 0.0964. The van der Waals surface area contributed by atoms with Crippen LogP contribution in [-0.4, -0.2) is 10.7 Å². The summed E-state index contributed by atoms with van der Waals surface area (Å²) >= 11 is 0. The summed E-state index contributed by atoms with van der Waals surface area (Å²) in [5.41, 5.74) is 0.107. The van der Waals surface area contributed by atoms with Gasteiger partial charge in [0.2, 0.25) is 0 Å². The SMILES string of the molecule is C=C[C@H](c1ccccc1)[C@](C)(O)C=C. The molecular weight excluding hydrogens is 172 g/mol. The summed E-state index contributed by atoms with van der Waals surface area (Å²) in [5.74, 6) is -0.110. The van der Waals surface area contributed by atoms with Crippen molar-refractivity contribution in [3.05, 3.63) is 61.2 Å². The summed E-state index contributed by atoms with van der Waals surface area (Å²) < 4.78 is 0. The van der Waals surface area contributed by atoms with Gasteiger partial charge in [-0.15, -0.1) is 13.2 Å². The van der Waals surface area contributed by atoms with Crippen molar-refractivity contribution in [3.63, 3.8) is 0 Å². The molecule has 1 aromatic carbocycles. The molecule has 0 radical (unpaired) electrons. The van der Waals surface area contributed by atoms with E-state index in [1.165, 1.54) is 0 Å². The van der Waals surface area contributed by atoms with E-state index in [4.69, 9.17) is 0 Å². The number of hydrogen-bond donors (Lipinski definition) is 1. The molecule has 0 amide bonds. The first-order valence-corrected chi connectivity index (χ1v) is 4.65. The second-order valence-electron chi connectivity index (χ2n) is 3.55. The molecule has 0 aliphatic rings. The first kappa shape index (κ1) is 10.7. The molecule has 1 N–H and O–H groups in total. The summed E-state index contributed by atoms with van der Waals surface area (Å²) in [6, 6.07) is 9.80. The van der Waals surface area contributed by atoms with Crippen LogP contribution >= 0.6 is 0 Å². The van der Waals surface area contributed by atoms with Crippen molar-refractivity contribution in [2.75, 3.05) is 0 Å². The lowest BCUT2D eigenvalue weighted by atomic mass is 9.83. The van der Waals surface area contributed by atoms with Gasteiger partial charge in [-0.05, 0) is 12.5 Å². The van der Waals surface area contributed by atoms with Gasteiger partial charge in [0.1, 0.15) is 0 Å². The largest absolute Gasteiger partial charge is 0.385 e.